The summed E-state index contributed by atoms with van der Waals surface area (Å²) in [5.41, 5.74) is 5.79. The fourth-order valence-electron chi connectivity index (χ4n) is 0.849. The minimum Gasteiger partial charge on any atom is -0.380 e. The molecule has 0 aromatic heterocycles. The van der Waals surface area contributed by atoms with Crippen molar-refractivity contribution in [2.45, 2.75) is 45.3 Å². The topological polar surface area (TPSA) is 35.2 Å². The number of unbranched alkanes of at least 4 members (excludes halogenated alkanes) is 1. The SMILES string of the molecule is CCCCC(N)C(C)OC. The van der Waals surface area contributed by atoms with Gasteiger partial charge in [0.1, 0.15) is 0 Å². The average Bonchev–Trinajstić information content (AvgIpc) is 1.98. The average molecular weight is 145 g/mol. The fourth-order valence-corrected chi connectivity index (χ4v) is 0.849. The molecule has 0 aliphatic heterocycles. The fraction of sp³-hybridized carbons (Fsp3) is 1.00. The molecule has 0 spiro atoms. The van der Waals surface area contributed by atoms with Gasteiger partial charge in [-0.25, -0.2) is 0 Å². The molecule has 0 heterocycles. The van der Waals surface area contributed by atoms with Gasteiger partial charge in [-0.3, -0.25) is 0 Å². The Morgan fingerprint density at radius 3 is 2.50 bits per heavy atom. The predicted molar refractivity (Wildman–Crippen MR) is 44.0 cm³/mol. The Morgan fingerprint density at radius 1 is 1.50 bits per heavy atom. The van der Waals surface area contributed by atoms with Gasteiger partial charge < -0.3 is 10.5 Å². The second-order valence-electron chi connectivity index (χ2n) is 2.75. The van der Waals surface area contributed by atoms with Crippen molar-refractivity contribution in [3.05, 3.63) is 0 Å². The van der Waals surface area contributed by atoms with E-state index < -0.39 is 0 Å². The minimum atomic E-state index is 0.201. The summed E-state index contributed by atoms with van der Waals surface area (Å²) >= 11 is 0. The van der Waals surface area contributed by atoms with E-state index in [0.29, 0.717) is 0 Å². The van der Waals surface area contributed by atoms with Crippen LogP contribution < -0.4 is 5.73 Å². The van der Waals surface area contributed by atoms with E-state index in [-0.39, 0.29) is 12.1 Å². The van der Waals surface area contributed by atoms with Crippen LogP contribution in [-0.4, -0.2) is 19.3 Å². The summed E-state index contributed by atoms with van der Waals surface area (Å²) in [5, 5.41) is 0. The molecule has 0 amide bonds. The van der Waals surface area contributed by atoms with Gasteiger partial charge in [0.15, 0.2) is 0 Å². The Hall–Kier alpha value is -0.0800. The lowest BCUT2D eigenvalue weighted by Gasteiger charge is -2.17. The van der Waals surface area contributed by atoms with Crippen LogP contribution in [0.25, 0.3) is 0 Å². The Bertz CT molecular complexity index is 75.7. The molecule has 0 saturated heterocycles. The van der Waals surface area contributed by atoms with Gasteiger partial charge >= 0.3 is 0 Å². The molecule has 2 N–H and O–H groups in total. The molecule has 0 radical (unpaired) electrons. The van der Waals surface area contributed by atoms with Crippen LogP contribution in [0.15, 0.2) is 0 Å². The van der Waals surface area contributed by atoms with E-state index in [1.165, 1.54) is 12.8 Å². The first-order chi connectivity index (χ1) is 4.72. The zero-order valence-electron chi connectivity index (χ0n) is 7.26. The molecule has 10 heavy (non-hydrogen) atoms. The number of methoxy groups -OCH3 is 1. The van der Waals surface area contributed by atoms with Crippen LogP contribution in [0.5, 0.6) is 0 Å². The first-order valence-electron chi connectivity index (χ1n) is 4.00. The Kier molecular flexibility index (Phi) is 5.64. The molecular formula is C8H19NO. The predicted octanol–water partition coefficient (Wildman–Crippen LogP) is 1.54. The largest absolute Gasteiger partial charge is 0.380 e. The second kappa shape index (κ2) is 5.69. The van der Waals surface area contributed by atoms with Gasteiger partial charge in [-0.05, 0) is 13.3 Å². The molecule has 0 saturated carbocycles. The quantitative estimate of drug-likeness (QED) is 0.637. The lowest BCUT2D eigenvalue weighted by Crippen LogP contribution is -2.33. The number of hydrogen-bond acceptors (Lipinski definition) is 2. The molecule has 62 valence electrons. The van der Waals surface area contributed by atoms with Crippen molar-refractivity contribution in [2.24, 2.45) is 5.73 Å². The van der Waals surface area contributed by atoms with Crippen molar-refractivity contribution in [2.75, 3.05) is 7.11 Å². The molecular weight excluding hydrogens is 126 g/mol. The van der Waals surface area contributed by atoms with Gasteiger partial charge in [0.25, 0.3) is 0 Å². The van der Waals surface area contributed by atoms with Crippen LogP contribution in [0.1, 0.15) is 33.1 Å². The number of rotatable bonds is 5. The van der Waals surface area contributed by atoms with E-state index in [1.807, 2.05) is 6.92 Å². The van der Waals surface area contributed by atoms with Crippen LogP contribution in [0, 0.1) is 0 Å². The standard InChI is InChI=1S/C8H19NO/c1-4-5-6-8(9)7(2)10-3/h7-8H,4-6,9H2,1-3H3. The molecule has 2 unspecified atom stereocenters. The highest BCUT2D eigenvalue weighted by Crippen LogP contribution is 2.03. The highest BCUT2D eigenvalue weighted by molar-refractivity contribution is 4.67. The summed E-state index contributed by atoms with van der Waals surface area (Å²) < 4.78 is 5.08. The summed E-state index contributed by atoms with van der Waals surface area (Å²) in [4.78, 5) is 0. The monoisotopic (exact) mass is 145 g/mol. The van der Waals surface area contributed by atoms with Crippen LogP contribution in [0.4, 0.5) is 0 Å². The van der Waals surface area contributed by atoms with Gasteiger partial charge in [0, 0.05) is 13.2 Å². The summed E-state index contributed by atoms with van der Waals surface area (Å²) in [7, 11) is 1.70. The van der Waals surface area contributed by atoms with Crippen LogP contribution in [0.3, 0.4) is 0 Å². The van der Waals surface area contributed by atoms with E-state index in [9.17, 15) is 0 Å². The normalized spacial score (nSPS) is 16.8. The van der Waals surface area contributed by atoms with Crippen LogP contribution in [0.2, 0.25) is 0 Å². The molecule has 2 atom stereocenters. The van der Waals surface area contributed by atoms with Gasteiger partial charge in [0.05, 0.1) is 6.10 Å². The molecule has 2 heteroatoms. The van der Waals surface area contributed by atoms with Gasteiger partial charge in [-0.15, -0.1) is 0 Å². The van der Waals surface area contributed by atoms with Crippen molar-refractivity contribution in [1.82, 2.24) is 0 Å². The Labute approximate surface area is 63.7 Å². The first-order valence-corrected chi connectivity index (χ1v) is 4.00. The zero-order valence-corrected chi connectivity index (χ0v) is 7.26. The Balaban J connectivity index is 3.31. The lowest BCUT2D eigenvalue weighted by molar-refractivity contribution is 0.0922. The number of ether oxygens (including phenoxy) is 1. The van der Waals surface area contributed by atoms with Crippen molar-refractivity contribution >= 4 is 0 Å². The maximum Gasteiger partial charge on any atom is 0.0694 e. The van der Waals surface area contributed by atoms with Crippen molar-refractivity contribution in [3.8, 4) is 0 Å². The Morgan fingerprint density at radius 2 is 2.10 bits per heavy atom. The molecule has 2 nitrogen and oxygen atoms in total. The maximum atomic E-state index is 5.79. The van der Waals surface area contributed by atoms with Gasteiger partial charge in [0.2, 0.25) is 0 Å². The third-order valence-corrected chi connectivity index (χ3v) is 1.87. The first kappa shape index (κ1) is 9.92. The molecule has 0 aliphatic carbocycles. The summed E-state index contributed by atoms with van der Waals surface area (Å²) in [6, 6.07) is 0.213. The van der Waals surface area contributed by atoms with E-state index in [1.54, 1.807) is 7.11 Å². The van der Waals surface area contributed by atoms with E-state index in [0.717, 1.165) is 6.42 Å². The summed E-state index contributed by atoms with van der Waals surface area (Å²) in [5.74, 6) is 0. The third-order valence-electron chi connectivity index (χ3n) is 1.87. The van der Waals surface area contributed by atoms with Crippen molar-refractivity contribution < 1.29 is 4.74 Å². The highest BCUT2D eigenvalue weighted by Gasteiger charge is 2.09. The van der Waals surface area contributed by atoms with E-state index in [4.69, 9.17) is 10.5 Å². The molecule has 0 aromatic rings. The molecule has 0 rings (SSSR count). The lowest BCUT2D eigenvalue weighted by atomic mass is 10.1. The molecule has 0 bridgehead atoms. The number of hydrogen-bond donors (Lipinski definition) is 1. The van der Waals surface area contributed by atoms with E-state index >= 15 is 0 Å². The summed E-state index contributed by atoms with van der Waals surface area (Å²) in [6.07, 6.45) is 3.69. The smallest absolute Gasteiger partial charge is 0.0694 e. The summed E-state index contributed by atoms with van der Waals surface area (Å²) in [6.45, 7) is 4.19. The molecule has 0 aliphatic rings. The molecule has 0 fully saturated rings. The second-order valence-corrected chi connectivity index (χ2v) is 2.75. The minimum absolute atomic E-state index is 0.201. The van der Waals surface area contributed by atoms with Crippen molar-refractivity contribution in [1.29, 1.82) is 0 Å². The van der Waals surface area contributed by atoms with E-state index in [2.05, 4.69) is 6.92 Å². The number of nitrogens with two attached hydrogens (primary N) is 1. The van der Waals surface area contributed by atoms with Crippen molar-refractivity contribution in [3.63, 3.8) is 0 Å². The van der Waals surface area contributed by atoms with Crippen LogP contribution in [-0.2, 0) is 4.74 Å². The van der Waals surface area contributed by atoms with Gasteiger partial charge in [-0.1, -0.05) is 19.8 Å². The maximum absolute atomic E-state index is 5.79. The van der Waals surface area contributed by atoms with Crippen LogP contribution >= 0.6 is 0 Å². The zero-order chi connectivity index (χ0) is 7.98. The molecule has 0 aromatic carbocycles. The third kappa shape index (κ3) is 3.85. The van der Waals surface area contributed by atoms with Gasteiger partial charge in [-0.2, -0.15) is 0 Å². The highest BCUT2D eigenvalue weighted by atomic mass is 16.5.